The minimum atomic E-state index is -0.918. The van der Waals surface area contributed by atoms with Crippen molar-refractivity contribution in [2.45, 2.75) is 50.8 Å². The van der Waals surface area contributed by atoms with E-state index in [2.05, 4.69) is 25.6 Å². The molecule has 0 spiro atoms. The molecule has 1 saturated carbocycles. The summed E-state index contributed by atoms with van der Waals surface area (Å²) >= 11 is 0. The molecule has 1 aliphatic carbocycles. The van der Waals surface area contributed by atoms with Crippen molar-refractivity contribution < 1.29 is 9.90 Å². The number of rotatable bonds is 5. The Balaban J connectivity index is 1.18. The maximum Gasteiger partial charge on any atom is 0.251 e. The van der Waals surface area contributed by atoms with E-state index in [1.165, 1.54) is 0 Å². The van der Waals surface area contributed by atoms with Crippen molar-refractivity contribution in [1.82, 2.24) is 30.3 Å². The van der Waals surface area contributed by atoms with Gasteiger partial charge in [-0.1, -0.05) is 18.2 Å². The fourth-order valence-corrected chi connectivity index (χ4v) is 5.34. The van der Waals surface area contributed by atoms with Crippen LogP contribution in [-0.4, -0.2) is 47.6 Å². The molecule has 2 unspecified atom stereocenters. The zero-order valence-corrected chi connectivity index (χ0v) is 20.1. The highest BCUT2D eigenvalue weighted by atomic mass is 16.3. The molecule has 5 aromatic rings. The van der Waals surface area contributed by atoms with Crippen molar-refractivity contribution in [3.05, 3.63) is 78.2 Å². The summed E-state index contributed by atoms with van der Waals surface area (Å²) in [4.78, 5) is 17.5. The van der Waals surface area contributed by atoms with E-state index in [0.29, 0.717) is 24.9 Å². The molecule has 1 fully saturated rings. The largest absolute Gasteiger partial charge is 0.388 e. The summed E-state index contributed by atoms with van der Waals surface area (Å²) in [7, 11) is 0. The molecule has 3 heterocycles. The summed E-state index contributed by atoms with van der Waals surface area (Å²) in [5, 5.41) is 28.6. The van der Waals surface area contributed by atoms with Gasteiger partial charge in [0.25, 0.3) is 5.91 Å². The van der Waals surface area contributed by atoms with E-state index < -0.39 is 5.60 Å². The lowest BCUT2D eigenvalue weighted by atomic mass is 9.81. The molecule has 3 aromatic heterocycles. The van der Waals surface area contributed by atoms with E-state index in [0.717, 1.165) is 51.6 Å². The standard InChI is InChI=1S/C28H28N6O2/c1-18-13-19(10-12-29-18)26-23-14-20(8-9-25(23)31-32-26)27(35)30-22-6-4-11-28(36,15-22)17-34-16-21-5-2-3-7-24(21)33-34/h2-3,5,7-10,12-14,16,22,36H,4,6,11,15,17H2,1H3,(H,30,35)(H,31,32). The van der Waals surface area contributed by atoms with Gasteiger partial charge in [0.15, 0.2) is 0 Å². The van der Waals surface area contributed by atoms with E-state index in [1.807, 2.05) is 72.4 Å². The van der Waals surface area contributed by atoms with Crippen LogP contribution in [0.1, 0.15) is 41.7 Å². The number of hydrogen-bond donors (Lipinski definition) is 3. The lowest BCUT2D eigenvalue weighted by Crippen LogP contribution is -2.47. The number of aryl methyl sites for hydroxylation is 1. The molecule has 1 amide bonds. The smallest absolute Gasteiger partial charge is 0.251 e. The average Bonchev–Trinajstić information content (AvgIpc) is 3.46. The Hall–Kier alpha value is -4.04. The second-order valence-corrected chi connectivity index (χ2v) is 9.90. The lowest BCUT2D eigenvalue weighted by Gasteiger charge is -2.37. The third kappa shape index (κ3) is 4.35. The zero-order valence-electron chi connectivity index (χ0n) is 20.1. The molecular formula is C28H28N6O2. The number of aliphatic hydroxyl groups is 1. The first kappa shape index (κ1) is 22.4. The van der Waals surface area contributed by atoms with Gasteiger partial charge in [-0.25, -0.2) is 0 Å². The molecule has 3 N–H and O–H groups in total. The molecule has 182 valence electrons. The van der Waals surface area contributed by atoms with Gasteiger partial charge >= 0.3 is 0 Å². The first-order chi connectivity index (χ1) is 17.5. The van der Waals surface area contributed by atoms with Crippen molar-refractivity contribution >= 4 is 27.7 Å². The second kappa shape index (κ2) is 8.87. The van der Waals surface area contributed by atoms with Crippen LogP contribution in [0.5, 0.6) is 0 Å². The van der Waals surface area contributed by atoms with Crippen LogP contribution < -0.4 is 5.32 Å². The molecule has 0 radical (unpaired) electrons. The van der Waals surface area contributed by atoms with E-state index >= 15 is 0 Å². The Kier molecular flexibility index (Phi) is 5.53. The van der Waals surface area contributed by atoms with Crippen molar-refractivity contribution in [2.24, 2.45) is 0 Å². The minimum absolute atomic E-state index is 0.108. The van der Waals surface area contributed by atoms with Gasteiger partial charge in [0, 0.05) is 46.0 Å². The van der Waals surface area contributed by atoms with Gasteiger partial charge in [0.05, 0.1) is 23.2 Å². The maximum atomic E-state index is 13.2. The number of aromatic amines is 1. The van der Waals surface area contributed by atoms with Crippen molar-refractivity contribution in [1.29, 1.82) is 0 Å². The van der Waals surface area contributed by atoms with Crippen LogP contribution in [0.15, 0.2) is 67.0 Å². The first-order valence-electron chi connectivity index (χ1n) is 12.3. The molecule has 36 heavy (non-hydrogen) atoms. The molecule has 2 aromatic carbocycles. The van der Waals surface area contributed by atoms with Gasteiger partial charge < -0.3 is 10.4 Å². The lowest BCUT2D eigenvalue weighted by molar-refractivity contribution is -0.0235. The number of nitrogens with one attached hydrogen (secondary N) is 2. The number of benzene rings is 2. The summed E-state index contributed by atoms with van der Waals surface area (Å²) in [6, 6.07) is 17.3. The van der Waals surface area contributed by atoms with Gasteiger partial charge in [0.1, 0.15) is 5.69 Å². The molecule has 0 aliphatic heterocycles. The number of H-pyrrole nitrogens is 1. The number of aromatic nitrogens is 5. The third-order valence-corrected chi connectivity index (χ3v) is 7.07. The van der Waals surface area contributed by atoms with Gasteiger partial charge in [-0.2, -0.15) is 10.2 Å². The molecule has 0 bridgehead atoms. The Bertz CT molecular complexity index is 1540. The predicted molar refractivity (Wildman–Crippen MR) is 138 cm³/mol. The van der Waals surface area contributed by atoms with Crippen molar-refractivity contribution in [3.63, 3.8) is 0 Å². The number of nitrogens with zero attached hydrogens (tertiary/aromatic N) is 4. The van der Waals surface area contributed by atoms with Gasteiger partial charge in [0.2, 0.25) is 0 Å². The van der Waals surface area contributed by atoms with Crippen molar-refractivity contribution in [3.8, 4) is 11.3 Å². The predicted octanol–water partition coefficient (Wildman–Crippen LogP) is 4.39. The summed E-state index contributed by atoms with van der Waals surface area (Å²) in [5.41, 5.74) is 4.10. The summed E-state index contributed by atoms with van der Waals surface area (Å²) < 4.78 is 1.82. The van der Waals surface area contributed by atoms with Gasteiger partial charge in [-0.3, -0.25) is 19.6 Å². The molecular weight excluding hydrogens is 452 g/mol. The third-order valence-electron chi connectivity index (χ3n) is 7.07. The second-order valence-electron chi connectivity index (χ2n) is 9.90. The highest BCUT2D eigenvalue weighted by Gasteiger charge is 2.36. The average molecular weight is 481 g/mol. The Morgan fingerprint density at radius 2 is 2.11 bits per heavy atom. The molecule has 8 nitrogen and oxygen atoms in total. The first-order valence-corrected chi connectivity index (χ1v) is 12.3. The molecule has 0 saturated heterocycles. The zero-order chi connectivity index (χ0) is 24.7. The highest BCUT2D eigenvalue weighted by Crippen LogP contribution is 2.31. The molecule has 2 atom stereocenters. The van der Waals surface area contributed by atoms with Crippen LogP contribution in [0.25, 0.3) is 33.1 Å². The maximum absolute atomic E-state index is 13.2. The molecule has 1 aliphatic rings. The quantitative estimate of drug-likeness (QED) is 0.346. The van der Waals surface area contributed by atoms with Crippen molar-refractivity contribution in [2.75, 3.05) is 0 Å². The number of carbonyl (C=O) groups excluding carboxylic acids is 1. The van der Waals surface area contributed by atoms with Gasteiger partial charge in [-0.05, 0) is 69.0 Å². The Morgan fingerprint density at radius 1 is 1.22 bits per heavy atom. The minimum Gasteiger partial charge on any atom is -0.388 e. The van der Waals surface area contributed by atoms with E-state index in [1.54, 1.807) is 6.20 Å². The number of carbonyl (C=O) groups is 1. The normalized spacial score (nSPS) is 20.1. The monoisotopic (exact) mass is 480 g/mol. The summed E-state index contributed by atoms with van der Waals surface area (Å²) in [6.07, 6.45) is 6.59. The highest BCUT2D eigenvalue weighted by molar-refractivity contribution is 6.01. The van der Waals surface area contributed by atoms with Crippen LogP contribution in [0.4, 0.5) is 0 Å². The fraction of sp³-hybridized carbons (Fsp3) is 0.286. The SMILES string of the molecule is Cc1cc(-c2n[nH]c3ccc(C(=O)NC4CCCC(O)(Cn5cc6ccccc6n5)C4)cc23)ccn1. The van der Waals surface area contributed by atoms with Gasteiger partial charge in [-0.15, -0.1) is 0 Å². The van der Waals surface area contributed by atoms with Crippen LogP contribution in [-0.2, 0) is 6.54 Å². The number of amides is 1. The van der Waals surface area contributed by atoms with Crippen LogP contribution >= 0.6 is 0 Å². The number of pyridine rings is 1. The van der Waals surface area contributed by atoms with Crippen LogP contribution in [0.3, 0.4) is 0 Å². The topological polar surface area (TPSA) is 109 Å². The van der Waals surface area contributed by atoms with E-state index in [-0.39, 0.29) is 11.9 Å². The molecule has 6 rings (SSSR count). The van der Waals surface area contributed by atoms with E-state index in [4.69, 9.17) is 0 Å². The Morgan fingerprint density at radius 3 is 2.97 bits per heavy atom. The summed E-state index contributed by atoms with van der Waals surface area (Å²) in [6.45, 7) is 2.35. The Labute approximate surface area is 208 Å². The van der Waals surface area contributed by atoms with Crippen LogP contribution in [0.2, 0.25) is 0 Å². The summed E-state index contributed by atoms with van der Waals surface area (Å²) in [5.74, 6) is -0.144. The number of hydrogen-bond acceptors (Lipinski definition) is 5. The number of fused-ring (bicyclic) bond motifs is 2. The van der Waals surface area contributed by atoms with Crippen LogP contribution in [0, 0.1) is 6.92 Å². The fourth-order valence-electron chi connectivity index (χ4n) is 5.34. The molecule has 8 heteroatoms. The van der Waals surface area contributed by atoms with E-state index in [9.17, 15) is 9.90 Å².